The Morgan fingerprint density at radius 1 is 1.06 bits per heavy atom. The van der Waals surface area contributed by atoms with E-state index in [0.29, 0.717) is 11.8 Å². The number of nitrogens with zero attached hydrogens (tertiary/aromatic N) is 1. The number of rotatable bonds is 2. The predicted molar refractivity (Wildman–Crippen MR) is 70.0 cm³/mol. The Morgan fingerprint density at radius 3 is 2.22 bits per heavy atom. The summed E-state index contributed by atoms with van der Waals surface area (Å²) in [7, 11) is 1.90. The van der Waals surface area contributed by atoms with Crippen LogP contribution in [0.1, 0.15) is 37.8 Å². The van der Waals surface area contributed by atoms with Gasteiger partial charge in [0.05, 0.1) is 5.69 Å². The summed E-state index contributed by atoms with van der Waals surface area (Å²) in [5, 5.41) is 0. The first-order chi connectivity index (χ1) is 8.83. The highest BCUT2D eigenvalue weighted by molar-refractivity contribution is 5.21. The quantitative estimate of drug-likeness (QED) is 0.794. The van der Waals surface area contributed by atoms with E-state index < -0.39 is 0 Å². The van der Waals surface area contributed by atoms with Crippen molar-refractivity contribution in [2.45, 2.75) is 37.7 Å². The number of ether oxygens (including phenoxy) is 1. The van der Waals surface area contributed by atoms with Crippen molar-refractivity contribution in [3.63, 3.8) is 0 Å². The van der Waals surface area contributed by atoms with Gasteiger partial charge in [-0.3, -0.25) is 4.98 Å². The molecular formula is C16H21NO. The highest BCUT2D eigenvalue weighted by Crippen LogP contribution is 2.62. The molecule has 0 aromatic carbocycles. The number of pyridine rings is 1. The molecule has 0 amide bonds. The first kappa shape index (κ1) is 11.0. The smallest absolute Gasteiger partial charge is 0.115 e. The minimum absolute atomic E-state index is 0.0747. The summed E-state index contributed by atoms with van der Waals surface area (Å²) in [6.45, 7) is 0. The second kappa shape index (κ2) is 3.80. The molecule has 1 aromatic heterocycles. The van der Waals surface area contributed by atoms with Gasteiger partial charge in [0.15, 0.2) is 0 Å². The van der Waals surface area contributed by atoms with Crippen molar-refractivity contribution in [1.29, 1.82) is 0 Å². The van der Waals surface area contributed by atoms with Crippen molar-refractivity contribution >= 4 is 0 Å². The van der Waals surface area contributed by atoms with Gasteiger partial charge in [-0.1, -0.05) is 6.07 Å². The summed E-state index contributed by atoms with van der Waals surface area (Å²) >= 11 is 0. The van der Waals surface area contributed by atoms with Gasteiger partial charge in [0.2, 0.25) is 0 Å². The minimum Gasteiger partial charge on any atom is -0.371 e. The van der Waals surface area contributed by atoms with Crippen molar-refractivity contribution in [2.75, 3.05) is 7.11 Å². The molecule has 0 spiro atoms. The van der Waals surface area contributed by atoms with Crippen LogP contribution in [-0.4, -0.2) is 12.1 Å². The lowest BCUT2D eigenvalue weighted by molar-refractivity contribution is -0.199. The zero-order chi connectivity index (χ0) is 12.2. The highest BCUT2D eigenvalue weighted by atomic mass is 16.5. The fourth-order valence-corrected chi connectivity index (χ4v) is 5.33. The van der Waals surface area contributed by atoms with Crippen molar-refractivity contribution < 1.29 is 4.74 Å². The number of aromatic nitrogens is 1. The van der Waals surface area contributed by atoms with Gasteiger partial charge in [-0.25, -0.2) is 0 Å². The molecule has 4 aliphatic carbocycles. The maximum atomic E-state index is 6.14. The van der Waals surface area contributed by atoms with Crippen LogP contribution < -0.4 is 0 Å². The largest absolute Gasteiger partial charge is 0.371 e. The zero-order valence-corrected chi connectivity index (χ0v) is 11.0. The Morgan fingerprint density at radius 2 is 1.72 bits per heavy atom. The molecule has 1 heterocycles. The Hall–Kier alpha value is -0.890. The molecule has 4 fully saturated rings. The lowest BCUT2D eigenvalue weighted by Gasteiger charge is -2.60. The van der Waals surface area contributed by atoms with Crippen LogP contribution in [0.25, 0.3) is 0 Å². The van der Waals surface area contributed by atoms with E-state index in [1.807, 2.05) is 19.4 Å². The van der Waals surface area contributed by atoms with E-state index in [1.54, 1.807) is 0 Å². The van der Waals surface area contributed by atoms with E-state index in [2.05, 4.69) is 17.1 Å². The van der Waals surface area contributed by atoms with Gasteiger partial charge in [0.1, 0.15) is 5.60 Å². The molecule has 1 aromatic rings. The first-order valence-electron chi connectivity index (χ1n) is 7.29. The van der Waals surface area contributed by atoms with E-state index in [4.69, 9.17) is 4.74 Å². The second-order valence-corrected chi connectivity index (χ2v) is 6.52. The summed E-state index contributed by atoms with van der Waals surface area (Å²) < 4.78 is 6.14. The van der Waals surface area contributed by atoms with E-state index in [0.717, 1.165) is 11.8 Å². The van der Waals surface area contributed by atoms with Gasteiger partial charge < -0.3 is 4.74 Å². The van der Waals surface area contributed by atoms with Crippen molar-refractivity contribution in [3.8, 4) is 0 Å². The van der Waals surface area contributed by atoms with E-state index in [-0.39, 0.29) is 5.60 Å². The third-order valence-electron chi connectivity index (χ3n) is 5.75. The van der Waals surface area contributed by atoms with E-state index >= 15 is 0 Å². The summed E-state index contributed by atoms with van der Waals surface area (Å²) in [5.41, 5.74) is 1.11. The number of hydrogen-bond acceptors (Lipinski definition) is 2. The third-order valence-corrected chi connectivity index (χ3v) is 5.75. The van der Waals surface area contributed by atoms with Gasteiger partial charge in [-0.2, -0.15) is 0 Å². The lowest BCUT2D eigenvalue weighted by atomic mass is 9.49. The highest BCUT2D eigenvalue weighted by Gasteiger charge is 2.59. The average Bonchev–Trinajstić information content (AvgIpc) is 2.40. The van der Waals surface area contributed by atoms with E-state index in [1.165, 1.54) is 37.8 Å². The Balaban J connectivity index is 1.81. The van der Waals surface area contributed by atoms with Gasteiger partial charge in [-0.15, -0.1) is 0 Å². The first-order valence-corrected chi connectivity index (χ1v) is 7.29. The summed E-state index contributed by atoms with van der Waals surface area (Å²) in [5.74, 6) is 3.35. The molecular weight excluding hydrogens is 222 g/mol. The fourth-order valence-electron chi connectivity index (χ4n) is 5.33. The average molecular weight is 243 g/mol. The Kier molecular flexibility index (Phi) is 2.32. The van der Waals surface area contributed by atoms with Crippen LogP contribution in [0.4, 0.5) is 0 Å². The van der Waals surface area contributed by atoms with Crippen molar-refractivity contribution in [1.82, 2.24) is 4.98 Å². The number of methoxy groups -OCH3 is 1. The van der Waals surface area contributed by atoms with Crippen LogP contribution in [0.5, 0.6) is 0 Å². The van der Waals surface area contributed by atoms with Gasteiger partial charge in [0.25, 0.3) is 0 Å². The Labute approximate surface area is 109 Å². The van der Waals surface area contributed by atoms with E-state index in [9.17, 15) is 0 Å². The molecule has 0 saturated heterocycles. The monoisotopic (exact) mass is 243 g/mol. The molecule has 5 rings (SSSR count). The van der Waals surface area contributed by atoms with Crippen molar-refractivity contribution in [2.24, 2.45) is 23.7 Å². The maximum Gasteiger partial charge on any atom is 0.115 e. The molecule has 0 radical (unpaired) electrons. The number of hydrogen-bond donors (Lipinski definition) is 0. The maximum absolute atomic E-state index is 6.14. The van der Waals surface area contributed by atoms with Crippen molar-refractivity contribution in [3.05, 3.63) is 30.1 Å². The molecule has 0 N–H and O–H groups in total. The van der Waals surface area contributed by atoms with Crippen LogP contribution in [0.15, 0.2) is 24.4 Å². The summed E-state index contributed by atoms with van der Waals surface area (Å²) in [6, 6.07) is 6.28. The molecule has 4 bridgehead atoms. The molecule has 18 heavy (non-hydrogen) atoms. The minimum atomic E-state index is -0.0747. The predicted octanol–water partition coefficient (Wildman–Crippen LogP) is 3.38. The lowest BCUT2D eigenvalue weighted by Crippen LogP contribution is -2.56. The molecule has 2 nitrogen and oxygen atoms in total. The third kappa shape index (κ3) is 1.30. The molecule has 0 atom stereocenters. The molecule has 96 valence electrons. The van der Waals surface area contributed by atoms with Crippen LogP contribution >= 0.6 is 0 Å². The van der Waals surface area contributed by atoms with Crippen LogP contribution in [-0.2, 0) is 10.3 Å². The molecule has 4 aliphatic rings. The van der Waals surface area contributed by atoms with Gasteiger partial charge in [-0.05, 0) is 67.9 Å². The normalized spacial score (nSPS) is 45.4. The SMILES string of the molecule is COC1(c2ccccn2)C2CC3CC(C2)CC1C3. The van der Waals surface area contributed by atoms with Gasteiger partial charge in [0, 0.05) is 13.3 Å². The Bertz CT molecular complexity index is 414. The summed E-state index contributed by atoms with van der Waals surface area (Å²) in [6.07, 6.45) is 8.83. The fraction of sp³-hybridized carbons (Fsp3) is 0.688. The topological polar surface area (TPSA) is 22.1 Å². The van der Waals surface area contributed by atoms with Crippen LogP contribution in [0.2, 0.25) is 0 Å². The molecule has 4 saturated carbocycles. The van der Waals surface area contributed by atoms with Crippen LogP contribution in [0, 0.1) is 23.7 Å². The molecule has 2 heteroatoms. The standard InChI is InChI=1S/C16H21NO/c1-18-16(15-4-2-3-5-17-15)13-7-11-6-12(9-13)10-14(16)8-11/h2-5,11-14H,6-10H2,1H3. The zero-order valence-electron chi connectivity index (χ0n) is 11.0. The molecule has 0 unspecified atom stereocenters. The second-order valence-electron chi connectivity index (χ2n) is 6.52. The molecule has 0 aliphatic heterocycles. The van der Waals surface area contributed by atoms with Crippen LogP contribution in [0.3, 0.4) is 0 Å². The summed E-state index contributed by atoms with van der Waals surface area (Å²) in [4.78, 5) is 4.64. The van der Waals surface area contributed by atoms with Gasteiger partial charge >= 0.3 is 0 Å².